The van der Waals surface area contributed by atoms with Crippen LogP contribution in [0.15, 0.2) is 121 Å². The summed E-state index contributed by atoms with van der Waals surface area (Å²) >= 11 is 0. The van der Waals surface area contributed by atoms with Crippen LogP contribution in [-0.4, -0.2) is 20.0 Å². The maximum atomic E-state index is 6.29. The van der Waals surface area contributed by atoms with Crippen LogP contribution < -0.4 is 17.7 Å². The first-order valence-corrected chi connectivity index (χ1v) is 10.9. The van der Waals surface area contributed by atoms with E-state index >= 15 is 0 Å². The minimum absolute atomic E-state index is 0. The lowest BCUT2D eigenvalue weighted by Gasteiger charge is -2.28. The molecule has 0 amide bonds. The molecule has 30 heavy (non-hydrogen) atoms. The summed E-state index contributed by atoms with van der Waals surface area (Å²) in [7, 11) is -3.76. The van der Waals surface area contributed by atoms with Crippen molar-refractivity contribution >= 4 is 20.0 Å². The summed E-state index contributed by atoms with van der Waals surface area (Å²) in [6, 6.07) is 37.6. The van der Waals surface area contributed by atoms with E-state index < -0.39 is 9.05 Å². The highest BCUT2D eigenvalue weighted by Crippen LogP contribution is 2.26. The fraction of sp³-hybridized carbons (Fsp3) is 0. The van der Waals surface area contributed by atoms with Crippen LogP contribution in [0.1, 0.15) is 0 Å². The lowest BCUT2D eigenvalue weighted by molar-refractivity contribution is 0.161. The van der Waals surface area contributed by atoms with Crippen molar-refractivity contribution in [2.75, 3.05) is 0 Å². The first kappa shape index (κ1) is 21.2. The second-order valence-corrected chi connectivity index (χ2v) is 7.98. The predicted molar refractivity (Wildman–Crippen MR) is 125 cm³/mol. The van der Waals surface area contributed by atoms with Gasteiger partial charge in [0.2, 0.25) is 0 Å². The number of benzene rings is 4. The smallest absolute Gasteiger partial charge is 0.452 e. The first-order chi connectivity index (χ1) is 14.3. The average molecular weight is 433 g/mol. The van der Waals surface area contributed by atoms with Crippen LogP contribution in [0.25, 0.3) is 0 Å². The van der Waals surface area contributed by atoms with Crippen molar-refractivity contribution in [1.29, 1.82) is 0 Å². The summed E-state index contributed by atoms with van der Waals surface area (Å²) in [5.74, 6) is 2.40. The maximum absolute atomic E-state index is 6.29. The zero-order chi connectivity index (χ0) is 19.8. The molecule has 0 atom stereocenters. The normalized spacial score (nSPS) is 10.4. The summed E-state index contributed by atoms with van der Waals surface area (Å²) in [5.41, 5.74) is 0. The third-order valence-corrected chi connectivity index (χ3v) is 5.89. The Hall–Kier alpha value is -3.49. The molecule has 0 bridgehead atoms. The second kappa shape index (κ2) is 10.3. The van der Waals surface area contributed by atoms with Crippen LogP contribution in [0.4, 0.5) is 0 Å². The van der Waals surface area contributed by atoms with Crippen molar-refractivity contribution in [3.63, 3.8) is 0 Å². The van der Waals surface area contributed by atoms with Crippen molar-refractivity contribution in [3.05, 3.63) is 121 Å². The molecule has 4 nitrogen and oxygen atoms in total. The van der Waals surface area contributed by atoms with Crippen LogP contribution in [0.5, 0.6) is 23.0 Å². The van der Waals surface area contributed by atoms with Crippen LogP contribution in [-0.2, 0) is 0 Å². The summed E-state index contributed by atoms with van der Waals surface area (Å²) in [6.45, 7) is 0. The standard InChI is InChI=1S/C24H20O4Si.H4Si/c1-5-13-21(14-6-1)25-29(26-22-15-7-2-8-16-22,27-23-17-9-3-10-18-23)28-24-19-11-4-12-20-24;/h1-20H;1H4. The quantitative estimate of drug-likeness (QED) is 0.389. The summed E-state index contributed by atoms with van der Waals surface area (Å²) in [6.07, 6.45) is 0. The summed E-state index contributed by atoms with van der Waals surface area (Å²) in [4.78, 5) is 0. The fourth-order valence-corrected chi connectivity index (χ4v) is 4.61. The largest absolute Gasteiger partial charge is 0.966 e. The van der Waals surface area contributed by atoms with Crippen LogP contribution in [0, 0.1) is 0 Å². The Morgan fingerprint density at radius 1 is 0.333 bits per heavy atom. The van der Waals surface area contributed by atoms with E-state index in [-0.39, 0.29) is 11.0 Å². The Bertz CT molecular complexity index is 829. The zero-order valence-electron chi connectivity index (χ0n) is 15.7. The van der Waals surface area contributed by atoms with Gasteiger partial charge in [0.1, 0.15) is 23.0 Å². The maximum Gasteiger partial charge on any atom is 0.966 e. The van der Waals surface area contributed by atoms with Crippen molar-refractivity contribution in [1.82, 2.24) is 0 Å². The van der Waals surface area contributed by atoms with Gasteiger partial charge in [0.25, 0.3) is 0 Å². The van der Waals surface area contributed by atoms with Gasteiger partial charge in [-0.25, -0.2) is 0 Å². The molecule has 4 aromatic carbocycles. The third-order valence-electron chi connectivity index (χ3n) is 3.94. The molecule has 0 saturated heterocycles. The van der Waals surface area contributed by atoms with Gasteiger partial charge in [0, 0.05) is 0 Å². The summed E-state index contributed by atoms with van der Waals surface area (Å²) in [5, 5.41) is 0. The van der Waals surface area contributed by atoms with Gasteiger partial charge in [0.15, 0.2) is 0 Å². The Kier molecular flexibility index (Phi) is 7.31. The molecule has 0 N–H and O–H groups in total. The number of hydrogen-bond donors (Lipinski definition) is 0. The van der Waals surface area contributed by atoms with Gasteiger partial charge in [-0.3, -0.25) is 0 Å². The first-order valence-electron chi connectivity index (χ1n) is 9.28. The Labute approximate surface area is 182 Å². The van der Waals surface area contributed by atoms with E-state index in [1.54, 1.807) is 0 Å². The topological polar surface area (TPSA) is 36.9 Å². The number of para-hydroxylation sites is 4. The lowest BCUT2D eigenvalue weighted by atomic mass is 10.3. The highest BCUT2D eigenvalue weighted by atomic mass is 28.4. The molecule has 0 saturated carbocycles. The van der Waals surface area contributed by atoms with Gasteiger partial charge in [-0.15, -0.1) is 0 Å². The van der Waals surface area contributed by atoms with Gasteiger partial charge in [-0.2, -0.15) is 0 Å². The molecule has 4 rings (SSSR count). The van der Waals surface area contributed by atoms with E-state index in [1.807, 2.05) is 121 Å². The van der Waals surface area contributed by atoms with Crippen molar-refractivity contribution < 1.29 is 17.7 Å². The fourth-order valence-electron chi connectivity index (χ4n) is 2.66. The molecule has 0 aliphatic carbocycles. The molecular weight excluding hydrogens is 408 g/mol. The molecule has 0 heterocycles. The Morgan fingerprint density at radius 3 is 0.733 bits per heavy atom. The molecule has 0 aliphatic heterocycles. The minimum atomic E-state index is -3.76. The molecular formula is C24H24O4Si2. The highest BCUT2D eigenvalue weighted by molar-refractivity contribution is 6.57. The van der Waals surface area contributed by atoms with Crippen LogP contribution in [0.3, 0.4) is 0 Å². The average Bonchev–Trinajstić information content (AvgIpc) is 2.76. The van der Waals surface area contributed by atoms with Gasteiger partial charge >= 0.3 is 9.05 Å². The van der Waals surface area contributed by atoms with Crippen molar-refractivity contribution in [3.8, 4) is 23.0 Å². The van der Waals surface area contributed by atoms with E-state index in [9.17, 15) is 0 Å². The zero-order valence-corrected chi connectivity index (χ0v) is 16.7. The Morgan fingerprint density at radius 2 is 0.533 bits per heavy atom. The van der Waals surface area contributed by atoms with E-state index in [0.29, 0.717) is 23.0 Å². The molecule has 152 valence electrons. The minimum Gasteiger partial charge on any atom is -0.452 e. The molecule has 0 aliphatic rings. The second-order valence-electron chi connectivity index (χ2n) is 6.16. The third kappa shape index (κ3) is 5.76. The summed E-state index contributed by atoms with van der Waals surface area (Å²) < 4.78 is 25.1. The molecule has 6 heteroatoms. The monoisotopic (exact) mass is 432 g/mol. The van der Waals surface area contributed by atoms with E-state index in [1.165, 1.54) is 0 Å². The van der Waals surface area contributed by atoms with Gasteiger partial charge in [-0.05, 0) is 59.5 Å². The van der Waals surface area contributed by atoms with Gasteiger partial charge < -0.3 is 17.7 Å². The molecule has 0 fully saturated rings. The molecule has 0 aromatic heterocycles. The number of rotatable bonds is 8. The van der Waals surface area contributed by atoms with Crippen molar-refractivity contribution in [2.45, 2.75) is 0 Å². The molecule has 0 radical (unpaired) electrons. The van der Waals surface area contributed by atoms with E-state index in [2.05, 4.69) is 0 Å². The van der Waals surface area contributed by atoms with E-state index in [4.69, 9.17) is 17.7 Å². The highest BCUT2D eigenvalue weighted by Gasteiger charge is 2.58. The predicted octanol–water partition coefficient (Wildman–Crippen LogP) is 4.29. The Balaban J connectivity index is 0.00000256. The number of hydrogen-bond acceptors (Lipinski definition) is 4. The molecule has 0 spiro atoms. The molecule has 4 aromatic rings. The van der Waals surface area contributed by atoms with Crippen LogP contribution >= 0.6 is 0 Å². The van der Waals surface area contributed by atoms with Crippen LogP contribution in [0.2, 0.25) is 0 Å². The van der Waals surface area contributed by atoms with Gasteiger partial charge in [0.05, 0.1) is 0 Å². The van der Waals surface area contributed by atoms with Crippen molar-refractivity contribution in [2.24, 2.45) is 0 Å². The molecule has 0 unspecified atom stereocenters. The lowest BCUT2D eigenvalue weighted by Crippen LogP contribution is -2.60. The van der Waals surface area contributed by atoms with Gasteiger partial charge in [-0.1, -0.05) is 72.8 Å². The SMILES string of the molecule is [SiH4].c1ccc(O[Si](Oc2ccccc2)(Oc2ccccc2)Oc2ccccc2)cc1. The van der Waals surface area contributed by atoms with E-state index in [0.717, 1.165) is 0 Å².